The Kier molecular flexibility index (Phi) is 9.03. The quantitative estimate of drug-likeness (QED) is 0.198. The Balaban J connectivity index is 1.59. The molecule has 1 saturated heterocycles. The fraction of sp³-hybridized carbons (Fsp3) is 0.267. The summed E-state index contributed by atoms with van der Waals surface area (Å²) in [6.45, 7) is 1.40. The second-order valence-corrected chi connectivity index (χ2v) is 10.6. The van der Waals surface area contributed by atoms with Crippen molar-refractivity contribution in [2.24, 2.45) is 0 Å². The highest BCUT2D eigenvalue weighted by Gasteiger charge is 2.41. The van der Waals surface area contributed by atoms with Crippen LogP contribution in [0.2, 0.25) is 10.0 Å². The molecule has 43 heavy (non-hydrogen) atoms. The number of halogens is 5. The number of ketones is 1. The number of hydrogen-bond acceptors (Lipinski definition) is 7. The Morgan fingerprint density at radius 3 is 2.58 bits per heavy atom. The Morgan fingerprint density at radius 1 is 1.19 bits per heavy atom. The third-order valence-corrected chi connectivity index (χ3v) is 7.57. The molecule has 0 radical (unpaired) electrons. The van der Waals surface area contributed by atoms with Crippen molar-refractivity contribution >= 4 is 51.5 Å². The van der Waals surface area contributed by atoms with Gasteiger partial charge >= 0.3 is 6.18 Å². The van der Waals surface area contributed by atoms with Gasteiger partial charge in [-0.05, 0) is 61.7 Å². The highest BCUT2D eigenvalue weighted by molar-refractivity contribution is 6.37. The monoisotopic (exact) mass is 629 g/mol. The predicted octanol–water partition coefficient (Wildman–Crippen LogP) is 6.04. The molecular weight excluding hydrogens is 606 g/mol. The zero-order chi connectivity index (χ0) is 30.7. The Labute approximate surface area is 254 Å². The molecule has 0 amide bonds. The van der Waals surface area contributed by atoms with Crippen LogP contribution >= 0.6 is 23.2 Å². The van der Waals surface area contributed by atoms with Crippen molar-refractivity contribution < 1.29 is 22.7 Å². The summed E-state index contributed by atoms with van der Waals surface area (Å²) in [5.74, 6) is 3.63. The molecule has 222 valence electrons. The molecule has 0 bridgehead atoms. The van der Waals surface area contributed by atoms with E-state index in [-0.39, 0.29) is 50.8 Å². The number of nitrogens with one attached hydrogen (secondary N) is 2. The van der Waals surface area contributed by atoms with Gasteiger partial charge in [-0.15, -0.1) is 0 Å². The topological polar surface area (TPSA) is 98.1 Å². The standard InChI is InChI=1S/C30H24Cl2F3N5O3/c1-43-13-3-4-18-16-40(26-23(31)5-2-6-24(26)32)28(42)22-15-37-29(39-25(18)22)38-19-7-8-20(17-9-11-36-12-10-17)21(14-19)27(41)30(33,34)35/h2,5-8,14-17,36H,9-13H2,1H3,(H,37,38,39). The van der Waals surface area contributed by atoms with Gasteiger partial charge in [-0.2, -0.15) is 13.2 Å². The van der Waals surface area contributed by atoms with E-state index in [1.807, 2.05) is 0 Å². The van der Waals surface area contributed by atoms with Gasteiger partial charge in [0.1, 0.15) is 6.61 Å². The number of ether oxygens (including phenoxy) is 1. The van der Waals surface area contributed by atoms with Crippen molar-refractivity contribution in [3.63, 3.8) is 0 Å². The number of carbonyl (C=O) groups excluding carboxylic acids is 1. The first-order valence-corrected chi connectivity index (χ1v) is 13.9. The zero-order valence-corrected chi connectivity index (χ0v) is 24.2. The Bertz CT molecular complexity index is 1810. The number of methoxy groups -OCH3 is 1. The second-order valence-electron chi connectivity index (χ2n) is 9.76. The molecule has 2 N–H and O–H groups in total. The van der Waals surface area contributed by atoms with E-state index in [0.29, 0.717) is 37.1 Å². The molecular formula is C30H24Cl2F3N5O3. The summed E-state index contributed by atoms with van der Waals surface area (Å²) >= 11 is 12.7. The highest BCUT2D eigenvalue weighted by Crippen LogP contribution is 2.34. The van der Waals surface area contributed by atoms with E-state index in [2.05, 4.69) is 32.4 Å². The summed E-state index contributed by atoms with van der Waals surface area (Å²) in [7, 11) is 1.48. The maximum absolute atomic E-state index is 13.6. The number of Topliss-reactive ketones (excluding diaryl/α,β-unsaturated/α-hetero) is 1. The number of alkyl halides is 3. The van der Waals surface area contributed by atoms with Crippen molar-refractivity contribution in [2.75, 3.05) is 32.1 Å². The van der Waals surface area contributed by atoms with Gasteiger partial charge in [0.25, 0.3) is 11.3 Å². The number of piperidine rings is 1. The van der Waals surface area contributed by atoms with Gasteiger partial charge in [0.2, 0.25) is 5.95 Å². The van der Waals surface area contributed by atoms with Crippen molar-refractivity contribution in [1.29, 1.82) is 0 Å². The van der Waals surface area contributed by atoms with Gasteiger partial charge in [-0.25, -0.2) is 9.97 Å². The van der Waals surface area contributed by atoms with Gasteiger partial charge in [0.05, 0.1) is 32.2 Å². The van der Waals surface area contributed by atoms with Gasteiger partial charge in [0, 0.05) is 30.8 Å². The minimum Gasteiger partial charge on any atom is -0.372 e. The average Bonchev–Trinajstić information content (AvgIpc) is 2.98. The number of nitrogens with zero attached hydrogens (tertiary/aromatic N) is 3. The molecule has 3 heterocycles. The van der Waals surface area contributed by atoms with Crippen molar-refractivity contribution in [2.45, 2.75) is 24.9 Å². The first-order chi connectivity index (χ1) is 20.6. The van der Waals surface area contributed by atoms with Crippen LogP contribution in [0, 0.1) is 11.8 Å². The molecule has 1 aliphatic rings. The lowest BCUT2D eigenvalue weighted by Crippen LogP contribution is -2.29. The normalized spacial score (nSPS) is 13.9. The van der Waals surface area contributed by atoms with E-state index >= 15 is 0 Å². The van der Waals surface area contributed by atoms with Gasteiger partial charge in [0.15, 0.2) is 0 Å². The first-order valence-electron chi connectivity index (χ1n) is 13.2. The fourth-order valence-electron chi connectivity index (χ4n) is 4.96. The predicted molar refractivity (Wildman–Crippen MR) is 159 cm³/mol. The largest absolute Gasteiger partial charge is 0.454 e. The van der Waals surface area contributed by atoms with Crippen LogP contribution in [-0.4, -0.2) is 53.3 Å². The number of carbonyl (C=O) groups is 1. The number of para-hydroxylation sites is 1. The summed E-state index contributed by atoms with van der Waals surface area (Å²) < 4.78 is 46.9. The minimum atomic E-state index is -5.04. The number of fused-ring (bicyclic) bond motifs is 1. The molecule has 2 aromatic carbocycles. The van der Waals surface area contributed by atoms with E-state index in [1.165, 1.54) is 30.1 Å². The molecule has 0 unspecified atom stereocenters. The highest BCUT2D eigenvalue weighted by atomic mass is 35.5. The molecule has 1 fully saturated rings. The van der Waals surface area contributed by atoms with Crippen molar-refractivity contribution in [3.05, 3.63) is 85.9 Å². The van der Waals surface area contributed by atoms with Crippen LogP contribution in [-0.2, 0) is 4.74 Å². The lowest BCUT2D eigenvalue weighted by molar-refractivity contribution is -0.0886. The maximum atomic E-state index is 13.6. The third-order valence-electron chi connectivity index (χ3n) is 6.96. The summed E-state index contributed by atoms with van der Waals surface area (Å²) in [4.78, 5) is 34.6. The second kappa shape index (κ2) is 12.7. The van der Waals surface area contributed by atoms with Crippen molar-refractivity contribution in [3.8, 4) is 17.5 Å². The van der Waals surface area contributed by atoms with Crippen molar-refractivity contribution in [1.82, 2.24) is 19.9 Å². The number of anilines is 2. The smallest absolute Gasteiger partial charge is 0.372 e. The van der Waals surface area contributed by atoms with E-state index in [0.717, 1.165) is 6.07 Å². The summed E-state index contributed by atoms with van der Waals surface area (Å²) in [5.41, 5.74) is 0.348. The Morgan fingerprint density at radius 2 is 1.91 bits per heavy atom. The molecule has 0 atom stereocenters. The maximum Gasteiger partial charge on any atom is 0.454 e. The Hall–Kier alpha value is -3.95. The van der Waals surface area contributed by atoms with Gasteiger partial charge in [-0.1, -0.05) is 47.2 Å². The van der Waals surface area contributed by atoms with E-state index in [9.17, 15) is 22.8 Å². The summed E-state index contributed by atoms with van der Waals surface area (Å²) in [6, 6.07) is 9.10. The third kappa shape index (κ3) is 6.53. The van der Waals surface area contributed by atoms with Crippen LogP contribution in [0.5, 0.6) is 0 Å². The number of rotatable bonds is 6. The molecule has 0 aliphatic carbocycles. The fourth-order valence-corrected chi connectivity index (χ4v) is 5.54. The minimum absolute atomic E-state index is 0.0183. The summed E-state index contributed by atoms with van der Waals surface area (Å²) in [5, 5.41) is 6.62. The average molecular weight is 630 g/mol. The molecule has 1 aliphatic heterocycles. The number of hydrogen-bond donors (Lipinski definition) is 2. The molecule has 0 spiro atoms. The van der Waals surface area contributed by atoms with E-state index in [4.69, 9.17) is 27.9 Å². The van der Waals surface area contributed by atoms with Crippen LogP contribution in [0.3, 0.4) is 0 Å². The van der Waals surface area contributed by atoms with Crippen LogP contribution in [0.4, 0.5) is 24.8 Å². The molecule has 2 aromatic heterocycles. The number of benzene rings is 2. The SMILES string of the molecule is COCC#Cc1cn(-c2c(Cl)cccc2Cl)c(=O)c2cnc(Nc3ccc(C4CCNCC4)c(C(=O)C(F)(F)F)c3)nc12. The molecule has 8 nitrogen and oxygen atoms in total. The molecule has 0 saturated carbocycles. The zero-order valence-electron chi connectivity index (χ0n) is 22.7. The molecule has 5 rings (SSSR count). The lowest BCUT2D eigenvalue weighted by atomic mass is 9.85. The van der Waals surface area contributed by atoms with Crippen LogP contribution < -0.4 is 16.2 Å². The molecule has 4 aromatic rings. The van der Waals surface area contributed by atoms with Crippen LogP contribution in [0.15, 0.2) is 53.6 Å². The van der Waals surface area contributed by atoms with E-state index < -0.39 is 23.1 Å². The number of pyridine rings is 1. The molecule has 13 heteroatoms. The number of aromatic nitrogens is 3. The van der Waals surface area contributed by atoms with E-state index in [1.54, 1.807) is 24.3 Å². The van der Waals surface area contributed by atoms with Crippen LogP contribution in [0.1, 0.15) is 40.2 Å². The summed E-state index contributed by atoms with van der Waals surface area (Å²) in [6.07, 6.45) is -1.09. The van der Waals surface area contributed by atoms with Gasteiger partial charge < -0.3 is 15.4 Å². The first kappa shape index (κ1) is 30.5. The van der Waals surface area contributed by atoms with Crippen LogP contribution in [0.25, 0.3) is 16.6 Å². The van der Waals surface area contributed by atoms with Gasteiger partial charge in [-0.3, -0.25) is 14.2 Å². The lowest BCUT2D eigenvalue weighted by Gasteiger charge is -2.25.